The molecule has 152 valence electrons. The summed E-state index contributed by atoms with van der Waals surface area (Å²) in [5.74, 6) is 0.328. The van der Waals surface area contributed by atoms with Crippen molar-refractivity contribution in [1.29, 1.82) is 0 Å². The van der Waals surface area contributed by atoms with Gasteiger partial charge in [0, 0.05) is 37.6 Å². The molecule has 1 amide bonds. The molecular formula is C21H16ClN3O4S. The van der Waals surface area contributed by atoms with E-state index < -0.39 is 11.7 Å². The molecule has 9 heteroatoms. The second kappa shape index (κ2) is 7.71. The van der Waals surface area contributed by atoms with Crippen LogP contribution in [0.5, 0.6) is 5.75 Å². The molecule has 0 aliphatic carbocycles. The molecule has 30 heavy (non-hydrogen) atoms. The highest BCUT2D eigenvalue weighted by molar-refractivity contribution is 7.21. The monoisotopic (exact) mass is 441 g/mol. The summed E-state index contributed by atoms with van der Waals surface area (Å²) < 4.78 is 11.8. The minimum atomic E-state index is -0.511. The lowest BCUT2D eigenvalue weighted by atomic mass is 10.2. The minimum Gasteiger partial charge on any atom is -0.422 e. The van der Waals surface area contributed by atoms with E-state index in [0.29, 0.717) is 50.9 Å². The SMILES string of the molecule is O=C(Oc1ccc2cc(-c3nc4c(Cl)cccc4s3)c(=O)oc2c1)N1CCNCC1. The van der Waals surface area contributed by atoms with Crippen LogP contribution in [0, 0.1) is 0 Å². The maximum atomic E-state index is 12.6. The number of hydrogen-bond donors (Lipinski definition) is 1. The first-order chi connectivity index (χ1) is 14.6. The van der Waals surface area contributed by atoms with Gasteiger partial charge >= 0.3 is 11.7 Å². The number of ether oxygens (including phenoxy) is 1. The molecule has 3 heterocycles. The Balaban J connectivity index is 1.47. The number of fused-ring (bicyclic) bond motifs is 2. The molecule has 0 bridgehead atoms. The number of para-hydroxylation sites is 1. The van der Waals surface area contributed by atoms with Gasteiger partial charge in [-0.25, -0.2) is 14.6 Å². The zero-order valence-electron chi connectivity index (χ0n) is 15.7. The number of aromatic nitrogens is 1. The molecule has 2 aromatic heterocycles. The van der Waals surface area contributed by atoms with Crippen LogP contribution in [0.15, 0.2) is 51.7 Å². The predicted octanol–water partition coefficient (Wildman–Crippen LogP) is 4.13. The summed E-state index contributed by atoms with van der Waals surface area (Å²) in [6.45, 7) is 2.66. The molecular weight excluding hydrogens is 426 g/mol. The summed E-state index contributed by atoms with van der Waals surface area (Å²) >= 11 is 7.58. The Morgan fingerprint density at radius 3 is 2.83 bits per heavy atom. The lowest BCUT2D eigenvalue weighted by Crippen LogP contribution is -2.47. The first-order valence-corrected chi connectivity index (χ1v) is 10.6. The van der Waals surface area contributed by atoms with Crippen LogP contribution >= 0.6 is 22.9 Å². The molecule has 4 aromatic rings. The largest absolute Gasteiger partial charge is 0.422 e. The van der Waals surface area contributed by atoms with E-state index >= 15 is 0 Å². The molecule has 1 N–H and O–H groups in total. The van der Waals surface area contributed by atoms with Gasteiger partial charge in [0.15, 0.2) is 0 Å². The van der Waals surface area contributed by atoms with Gasteiger partial charge in [-0.1, -0.05) is 17.7 Å². The summed E-state index contributed by atoms with van der Waals surface area (Å²) in [7, 11) is 0. The number of carbonyl (C=O) groups is 1. The van der Waals surface area contributed by atoms with Gasteiger partial charge in [0.25, 0.3) is 0 Å². The molecule has 2 aromatic carbocycles. The third-order valence-corrected chi connectivity index (χ3v) is 6.25. The number of amides is 1. The number of benzene rings is 2. The molecule has 0 saturated carbocycles. The third-order valence-electron chi connectivity index (χ3n) is 4.89. The van der Waals surface area contributed by atoms with Gasteiger partial charge in [0.05, 0.1) is 15.3 Å². The van der Waals surface area contributed by atoms with Crippen molar-refractivity contribution in [1.82, 2.24) is 15.2 Å². The molecule has 1 aliphatic heterocycles. The van der Waals surface area contributed by atoms with Crippen molar-refractivity contribution >= 4 is 50.2 Å². The third kappa shape index (κ3) is 3.54. The van der Waals surface area contributed by atoms with E-state index in [1.165, 1.54) is 11.3 Å². The molecule has 0 atom stereocenters. The van der Waals surface area contributed by atoms with Crippen LogP contribution in [0.1, 0.15) is 0 Å². The van der Waals surface area contributed by atoms with Crippen molar-refractivity contribution in [3.63, 3.8) is 0 Å². The highest BCUT2D eigenvalue weighted by atomic mass is 35.5. The average Bonchev–Trinajstić information content (AvgIpc) is 3.19. The Morgan fingerprint density at radius 2 is 2.03 bits per heavy atom. The second-order valence-electron chi connectivity index (χ2n) is 6.86. The first-order valence-electron chi connectivity index (χ1n) is 9.39. The summed E-state index contributed by atoms with van der Waals surface area (Å²) in [4.78, 5) is 31.1. The first kappa shape index (κ1) is 19.0. The van der Waals surface area contributed by atoms with Gasteiger partial charge in [-0.2, -0.15) is 0 Å². The Hall–Kier alpha value is -2.94. The summed E-state index contributed by atoms with van der Waals surface area (Å²) in [5.41, 5.74) is 0.857. The van der Waals surface area contributed by atoms with Crippen LogP contribution in [-0.4, -0.2) is 42.2 Å². The number of thiazole rings is 1. The van der Waals surface area contributed by atoms with Gasteiger partial charge in [-0.05, 0) is 30.3 Å². The van der Waals surface area contributed by atoms with Crippen LogP contribution in [0.4, 0.5) is 4.79 Å². The van der Waals surface area contributed by atoms with Crippen molar-refractivity contribution < 1.29 is 13.9 Å². The smallest absolute Gasteiger partial charge is 0.415 e. The van der Waals surface area contributed by atoms with E-state index in [2.05, 4.69) is 10.3 Å². The number of piperazine rings is 1. The normalized spacial score (nSPS) is 14.4. The van der Waals surface area contributed by atoms with Crippen molar-refractivity contribution in [2.24, 2.45) is 0 Å². The van der Waals surface area contributed by atoms with Gasteiger partial charge in [-0.3, -0.25) is 0 Å². The summed E-state index contributed by atoms with van der Waals surface area (Å²) in [6, 6.07) is 12.2. The van der Waals surface area contributed by atoms with Crippen molar-refractivity contribution in [3.8, 4) is 16.3 Å². The number of rotatable bonds is 2. The molecule has 7 nitrogen and oxygen atoms in total. The number of carbonyl (C=O) groups excluding carboxylic acids is 1. The van der Waals surface area contributed by atoms with Crippen molar-refractivity contribution in [2.45, 2.75) is 0 Å². The lowest BCUT2D eigenvalue weighted by Gasteiger charge is -2.26. The zero-order valence-corrected chi connectivity index (χ0v) is 17.3. The molecule has 1 aliphatic rings. The average molecular weight is 442 g/mol. The number of nitrogens with one attached hydrogen (secondary N) is 1. The Bertz CT molecular complexity index is 1330. The molecule has 0 radical (unpaired) electrons. The predicted molar refractivity (Wildman–Crippen MR) is 117 cm³/mol. The van der Waals surface area contributed by atoms with E-state index in [4.69, 9.17) is 20.8 Å². The quantitative estimate of drug-likeness (QED) is 0.471. The van der Waals surface area contributed by atoms with Gasteiger partial charge < -0.3 is 19.4 Å². The highest BCUT2D eigenvalue weighted by Gasteiger charge is 2.19. The fourth-order valence-corrected chi connectivity index (χ4v) is 4.62. The van der Waals surface area contributed by atoms with E-state index in [1.54, 1.807) is 35.2 Å². The standard InChI is InChI=1S/C21H16ClN3O4S/c22-15-2-1-3-17-18(15)24-19(30-17)14-10-12-4-5-13(11-16(12)29-20(14)26)28-21(27)25-8-6-23-7-9-25/h1-5,10-11,23H,6-9H2. The van der Waals surface area contributed by atoms with Gasteiger partial charge in [0.2, 0.25) is 0 Å². The van der Waals surface area contributed by atoms with E-state index in [9.17, 15) is 9.59 Å². The number of halogens is 1. The van der Waals surface area contributed by atoms with Crippen LogP contribution in [0.25, 0.3) is 31.8 Å². The molecule has 0 unspecified atom stereocenters. The zero-order chi connectivity index (χ0) is 20.7. The number of nitrogens with zero attached hydrogens (tertiary/aromatic N) is 2. The van der Waals surface area contributed by atoms with Gasteiger partial charge in [-0.15, -0.1) is 11.3 Å². The second-order valence-corrected chi connectivity index (χ2v) is 8.30. The fourth-order valence-electron chi connectivity index (χ4n) is 3.35. The van der Waals surface area contributed by atoms with Crippen LogP contribution in [0.3, 0.4) is 0 Å². The van der Waals surface area contributed by atoms with Crippen LogP contribution in [-0.2, 0) is 0 Å². The van der Waals surface area contributed by atoms with Crippen molar-refractivity contribution in [2.75, 3.05) is 26.2 Å². The molecule has 0 spiro atoms. The van der Waals surface area contributed by atoms with E-state index in [1.807, 2.05) is 12.1 Å². The maximum absolute atomic E-state index is 12.6. The molecule has 1 saturated heterocycles. The molecule has 5 rings (SSSR count). The Kier molecular flexibility index (Phi) is 4.90. The summed E-state index contributed by atoms with van der Waals surface area (Å²) in [5, 5.41) is 4.97. The summed E-state index contributed by atoms with van der Waals surface area (Å²) in [6.07, 6.45) is -0.416. The van der Waals surface area contributed by atoms with Gasteiger partial charge in [0.1, 0.15) is 21.9 Å². The van der Waals surface area contributed by atoms with E-state index in [-0.39, 0.29) is 0 Å². The molecule has 1 fully saturated rings. The van der Waals surface area contributed by atoms with E-state index in [0.717, 1.165) is 17.8 Å². The lowest BCUT2D eigenvalue weighted by molar-refractivity contribution is 0.146. The maximum Gasteiger partial charge on any atom is 0.415 e. The highest BCUT2D eigenvalue weighted by Crippen LogP contribution is 2.33. The number of hydrogen-bond acceptors (Lipinski definition) is 7. The topological polar surface area (TPSA) is 84.7 Å². The van der Waals surface area contributed by atoms with Crippen LogP contribution < -0.4 is 15.7 Å². The van der Waals surface area contributed by atoms with Crippen molar-refractivity contribution in [3.05, 3.63) is 57.9 Å². The minimum absolute atomic E-state index is 0.328. The van der Waals surface area contributed by atoms with Crippen LogP contribution in [0.2, 0.25) is 5.02 Å². The Labute approximate surface area is 179 Å². The Morgan fingerprint density at radius 1 is 1.20 bits per heavy atom. The fraction of sp³-hybridized carbons (Fsp3) is 0.190.